The molecule has 0 fully saturated rings. The summed E-state index contributed by atoms with van der Waals surface area (Å²) >= 11 is 19.2. The quantitative estimate of drug-likeness (QED) is 0.590. The van der Waals surface area contributed by atoms with Crippen LogP contribution in [-0.4, -0.2) is 16.1 Å². The normalized spacial score (nSPS) is 10.7. The SMILES string of the molecule is O=C(O)c1nc(-c2ccc(Cl)cc2Cl)c(-c2ccc(Cl)cc2)s1. The summed E-state index contributed by atoms with van der Waals surface area (Å²) in [5, 5.41) is 10.8. The maximum Gasteiger partial charge on any atom is 0.365 e. The second-order valence-corrected chi connectivity index (χ2v) is 6.91. The summed E-state index contributed by atoms with van der Waals surface area (Å²) in [7, 11) is 0. The molecule has 0 aliphatic carbocycles. The summed E-state index contributed by atoms with van der Waals surface area (Å²) in [6.45, 7) is 0. The van der Waals surface area contributed by atoms with Gasteiger partial charge in [0.1, 0.15) is 0 Å². The van der Waals surface area contributed by atoms with Crippen LogP contribution in [0.15, 0.2) is 42.5 Å². The van der Waals surface area contributed by atoms with Crippen molar-refractivity contribution in [3.8, 4) is 21.7 Å². The van der Waals surface area contributed by atoms with Crippen molar-refractivity contribution >= 4 is 52.1 Å². The summed E-state index contributed by atoms with van der Waals surface area (Å²) in [5.74, 6) is -1.08. The molecule has 116 valence electrons. The number of benzene rings is 2. The van der Waals surface area contributed by atoms with Gasteiger partial charge in [-0.2, -0.15) is 0 Å². The topological polar surface area (TPSA) is 50.2 Å². The lowest BCUT2D eigenvalue weighted by Gasteiger charge is -2.05. The van der Waals surface area contributed by atoms with Gasteiger partial charge in [0.05, 0.1) is 15.6 Å². The third kappa shape index (κ3) is 3.35. The van der Waals surface area contributed by atoms with Crippen LogP contribution in [0.4, 0.5) is 0 Å². The zero-order valence-corrected chi connectivity index (χ0v) is 14.5. The number of rotatable bonds is 3. The van der Waals surface area contributed by atoms with E-state index in [1.807, 2.05) is 12.1 Å². The first-order valence-corrected chi connectivity index (χ1v) is 8.36. The number of carboxylic acids is 1. The minimum atomic E-state index is -1.08. The molecule has 7 heteroatoms. The minimum Gasteiger partial charge on any atom is -0.476 e. The van der Waals surface area contributed by atoms with Gasteiger partial charge in [0.15, 0.2) is 0 Å². The number of nitrogens with zero attached hydrogens (tertiary/aromatic N) is 1. The third-order valence-corrected chi connectivity index (χ3v) is 4.99. The van der Waals surface area contributed by atoms with E-state index < -0.39 is 5.97 Å². The second kappa shape index (κ2) is 6.49. The molecule has 3 nitrogen and oxygen atoms in total. The van der Waals surface area contributed by atoms with Crippen molar-refractivity contribution in [3.05, 3.63) is 62.5 Å². The van der Waals surface area contributed by atoms with Crippen molar-refractivity contribution in [2.75, 3.05) is 0 Å². The fraction of sp³-hybridized carbons (Fsp3) is 0. The van der Waals surface area contributed by atoms with Crippen molar-refractivity contribution in [1.82, 2.24) is 4.98 Å². The van der Waals surface area contributed by atoms with Gasteiger partial charge in [-0.3, -0.25) is 0 Å². The molecule has 0 radical (unpaired) electrons. The Morgan fingerprint density at radius 3 is 2.26 bits per heavy atom. The third-order valence-electron chi connectivity index (χ3n) is 3.10. The molecule has 0 saturated heterocycles. The van der Waals surface area contributed by atoms with Gasteiger partial charge >= 0.3 is 5.97 Å². The minimum absolute atomic E-state index is 0.00373. The zero-order valence-electron chi connectivity index (χ0n) is 11.4. The van der Waals surface area contributed by atoms with E-state index in [1.54, 1.807) is 30.3 Å². The van der Waals surface area contributed by atoms with E-state index in [0.29, 0.717) is 31.2 Å². The van der Waals surface area contributed by atoms with Crippen LogP contribution >= 0.6 is 46.1 Å². The Labute approximate surface area is 151 Å². The van der Waals surface area contributed by atoms with Crippen molar-refractivity contribution < 1.29 is 9.90 Å². The summed E-state index contributed by atoms with van der Waals surface area (Å²) < 4.78 is 0. The van der Waals surface area contributed by atoms with Crippen LogP contribution in [0.25, 0.3) is 21.7 Å². The van der Waals surface area contributed by atoms with Gasteiger partial charge in [-0.25, -0.2) is 9.78 Å². The van der Waals surface area contributed by atoms with Gasteiger partial charge < -0.3 is 5.11 Å². The van der Waals surface area contributed by atoms with Gasteiger partial charge in [0, 0.05) is 15.6 Å². The standard InChI is InChI=1S/C16H8Cl3NO2S/c17-9-3-1-8(2-4-9)14-13(20-15(23-14)16(21)22)11-6-5-10(18)7-12(11)19/h1-7H,(H,21,22). The molecule has 2 aromatic carbocycles. The highest BCUT2D eigenvalue weighted by molar-refractivity contribution is 7.17. The molecule has 0 bridgehead atoms. The van der Waals surface area contributed by atoms with E-state index in [2.05, 4.69) is 4.98 Å². The molecule has 0 aliphatic heterocycles. The van der Waals surface area contributed by atoms with Gasteiger partial charge in [-0.05, 0) is 35.9 Å². The van der Waals surface area contributed by atoms with E-state index in [1.165, 1.54) is 0 Å². The number of halogens is 3. The Morgan fingerprint density at radius 1 is 1.00 bits per heavy atom. The Kier molecular flexibility index (Phi) is 4.60. The number of hydrogen-bond acceptors (Lipinski definition) is 3. The highest BCUT2D eigenvalue weighted by atomic mass is 35.5. The Bertz CT molecular complexity index is 891. The zero-order chi connectivity index (χ0) is 16.6. The van der Waals surface area contributed by atoms with Crippen LogP contribution < -0.4 is 0 Å². The Balaban J connectivity index is 2.22. The molecule has 1 N–H and O–H groups in total. The lowest BCUT2D eigenvalue weighted by atomic mass is 10.1. The molecule has 23 heavy (non-hydrogen) atoms. The number of carboxylic acid groups (broad SMARTS) is 1. The number of aromatic carboxylic acids is 1. The molecule has 0 unspecified atom stereocenters. The van der Waals surface area contributed by atoms with Gasteiger partial charge in [-0.15, -0.1) is 11.3 Å². The first kappa shape index (κ1) is 16.3. The van der Waals surface area contributed by atoms with Crippen molar-refractivity contribution in [1.29, 1.82) is 0 Å². The molecule has 0 amide bonds. The van der Waals surface area contributed by atoms with Gasteiger partial charge in [0.2, 0.25) is 5.01 Å². The van der Waals surface area contributed by atoms with E-state index in [0.717, 1.165) is 16.9 Å². The molecule has 0 saturated carbocycles. The highest BCUT2D eigenvalue weighted by Crippen LogP contribution is 2.40. The highest BCUT2D eigenvalue weighted by Gasteiger charge is 2.20. The van der Waals surface area contributed by atoms with E-state index in [-0.39, 0.29) is 5.01 Å². The molecule has 3 aromatic rings. The molecule has 0 aliphatic rings. The van der Waals surface area contributed by atoms with Crippen LogP contribution in [0.2, 0.25) is 15.1 Å². The predicted molar refractivity (Wildman–Crippen MR) is 95.0 cm³/mol. The first-order chi connectivity index (χ1) is 11.0. The number of thiazole rings is 1. The smallest absolute Gasteiger partial charge is 0.365 e. The fourth-order valence-corrected chi connectivity index (χ4v) is 3.62. The number of hydrogen-bond donors (Lipinski definition) is 1. The van der Waals surface area contributed by atoms with Crippen molar-refractivity contribution in [2.24, 2.45) is 0 Å². The largest absolute Gasteiger partial charge is 0.476 e. The maximum atomic E-state index is 11.3. The summed E-state index contributed by atoms with van der Waals surface area (Å²) in [5.41, 5.74) is 1.96. The molecular weight excluding hydrogens is 377 g/mol. The first-order valence-electron chi connectivity index (χ1n) is 6.41. The lowest BCUT2D eigenvalue weighted by Crippen LogP contribution is -1.94. The van der Waals surface area contributed by atoms with Crippen molar-refractivity contribution in [3.63, 3.8) is 0 Å². The predicted octanol–water partition coefficient (Wildman–Crippen LogP) is 6.14. The van der Waals surface area contributed by atoms with Crippen LogP contribution in [0.1, 0.15) is 9.80 Å². The molecular formula is C16H8Cl3NO2S. The summed E-state index contributed by atoms with van der Waals surface area (Å²) in [6.07, 6.45) is 0. The van der Waals surface area contributed by atoms with Crippen molar-refractivity contribution in [2.45, 2.75) is 0 Å². The average molecular weight is 385 g/mol. The van der Waals surface area contributed by atoms with Gasteiger partial charge in [0.25, 0.3) is 0 Å². The summed E-state index contributed by atoms with van der Waals surface area (Å²) in [6, 6.07) is 12.1. The lowest BCUT2D eigenvalue weighted by molar-refractivity contribution is 0.0696. The van der Waals surface area contributed by atoms with Crippen LogP contribution in [0.5, 0.6) is 0 Å². The molecule has 1 aromatic heterocycles. The molecule has 0 spiro atoms. The molecule has 3 rings (SSSR count). The Hall–Kier alpha value is -1.59. The van der Waals surface area contributed by atoms with Crippen LogP contribution in [0.3, 0.4) is 0 Å². The fourth-order valence-electron chi connectivity index (χ4n) is 2.07. The van der Waals surface area contributed by atoms with Crippen LogP contribution in [-0.2, 0) is 0 Å². The van der Waals surface area contributed by atoms with E-state index in [4.69, 9.17) is 34.8 Å². The average Bonchev–Trinajstić information content (AvgIpc) is 2.93. The second-order valence-electron chi connectivity index (χ2n) is 4.63. The maximum absolute atomic E-state index is 11.3. The molecule has 0 atom stereocenters. The number of carbonyl (C=O) groups is 1. The summed E-state index contributed by atoms with van der Waals surface area (Å²) in [4.78, 5) is 16.2. The van der Waals surface area contributed by atoms with E-state index >= 15 is 0 Å². The Morgan fingerprint density at radius 2 is 1.65 bits per heavy atom. The number of aromatic nitrogens is 1. The monoisotopic (exact) mass is 383 g/mol. The molecule has 1 heterocycles. The van der Waals surface area contributed by atoms with Gasteiger partial charge in [-0.1, -0.05) is 46.9 Å². The van der Waals surface area contributed by atoms with Crippen LogP contribution in [0, 0.1) is 0 Å². The van der Waals surface area contributed by atoms with E-state index in [9.17, 15) is 9.90 Å².